The zero-order valence-electron chi connectivity index (χ0n) is 11.5. The Bertz CT molecular complexity index is 619. The van der Waals surface area contributed by atoms with Gasteiger partial charge in [-0.1, -0.05) is 12.1 Å². The molecule has 0 spiro atoms. The fourth-order valence-corrected chi connectivity index (χ4v) is 4.52. The molecule has 1 heterocycles. The Morgan fingerprint density at radius 3 is 2.86 bits per heavy atom. The summed E-state index contributed by atoms with van der Waals surface area (Å²) in [5.41, 5.74) is 0. The quantitative estimate of drug-likeness (QED) is 0.741. The van der Waals surface area contributed by atoms with Crippen molar-refractivity contribution in [1.29, 1.82) is 0 Å². The Morgan fingerprint density at radius 1 is 1.48 bits per heavy atom. The van der Waals surface area contributed by atoms with Gasteiger partial charge in [0.2, 0.25) is 10.0 Å². The van der Waals surface area contributed by atoms with E-state index in [0.717, 1.165) is 0 Å². The van der Waals surface area contributed by atoms with Crippen LogP contribution in [0.1, 0.15) is 6.42 Å². The maximum Gasteiger partial charge on any atom is 0.308 e. The van der Waals surface area contributed by atoms with E-state index in [4.69, 9.17) is 4.74 Å². The van der Waals surface area contributed by atoms with E-state index in [-0.39, 0.29) is 31.0 Å². The van der Waals surface area contributed by atoms with E-state index in [1.807, 2.05) is 0 Å². The Balaban J connectivity index is 2.17. The highest BCUT2D eigenvalue weighted by Gasteiger charge is 2.32. The van der Waals surface area contributed by atoms with Crippen LogP contribution in [0.2, 0.25) is 0 Å². The normalized spacial score (nSPS) is 20.2. The zero-order chi connectivity index (χ0) is 15.5. The van der Waals surface area contributed by atoms with Gasteiger partial charge in [0.05, 0.1) is 31.1 Å². The molecule has 116 valence electrons. The van der Waals surface area contributed by atoms with E-state index in [9.17, 15) is 13.2 Å². The standard InChI is InChI=1S/C13H16BrNO5S/c1-19-13(16)8-10-9-15(6-7-20-10)21(17,18)12-5-3-2-4-11(12)14/h2-5,10H,6-9H2,1H3. The highest BCUT2D eigenvalue weighted by molar-refractivity contribution is 9.10. The first kappa shape index (κ1) is 16.4. The second-order valence-electron chi connectivity index (χ2n) is 4.57. The number of methoxy groups -OCH3 is 1. The van der Waals surface area contributed by atoms with Crippen molar-refractivity contribution in [1.82, 2.24) is 4.31 Å². The van der Waals surface area contributed by atoms with Crippen molar-refractivity contribution in [2.75, 3.05) is 26.8 Å². The van der Waals surface area contributed by atoms with E-state index in [2.05, 4.69) is 20.7 Å². The molecule has 1 atom stereocenters. The predicted octanol–water partition coefficient (Wildman–Crippen LogP) is 1.40. The number of benzene rings is 1. The summed E-state index contributed by atoms with van der Waals surface area (Å²) in [4.78, 5) is 11.5. The highest BCUT2D eigenvalue weighted by atomic mass is 79.9. The van der Waals surface area contributed by atoms with Crippen LogP contribution in [0, 0.1) is 0 Å². The van der Waals surface area contributed by atoms with Gasteiger partial charge < -0.3 is 9.47 Å². The molecular formula is C13H16BrNO5S. The van der Waals surface area contributed by atoms with Crippen LogP contribution in [0.5, 0.6) is 0 Å². The van der Waals surface area contributed by atoms with Crippen LogP contribution in [0.4, 0.5) is 0 Å². The van der Waals surface area contributed by atoms with Crippen LogP contribution >= 0.6 is 15.9 Å². The molecule has 0 aromatic heterocycles. The lowest BCUT2D eigenvalue weighted by atomic mass is 10.2. The number of hydrogen-bond acceptors (Lipinski definition) is 5. The molecule has 1 fully saturated rings. The first-order valence-corrected chi connectivity index (χ1v) is 8.61. The molecule has 0 radical (unpaired) electrons. The third-order valence-electron chi connectivity index (χ3n) is 3.18. The van der Waals surface area contributed by atoms with Crippen molar-refractivity contribution in [3.05, 3.63) is 28.7 Å². The Morgan fingerprint density at radius 2 is 2.19 bits per heavy atom. The fraction of sp³-hybridized carbons (Fsp3) is 0.462. The minimum absolute atomic E-state index is 0.0402. The summed E-state index contributed by atoms with van der Waals surface area (Å²) in [5, 5.41) is 0. The van der Waals surface area contributed by atoms with Gasteiger partial charge in [-0.25, -0.2) is 8.42 Å². The molecule has 1 aromatic rings. The molecule has 1 aliphatic rings. The Hall–Kier alpha value is -0.960. The lowest BCUT2D eigenvalue weighted by molar-refractivity contribution is -0.145. The fourth-order valence-electron chi connectivity index (χ4n) is 2.10. The van der Waals surface area contributed by atoms with E-state index >= 15 is 0 Å². The minimum Gasteiger partial charge on any atom is -0.469 e. The average Bonchev–Trinajstić information content (AvgIpc) is 2.47. The van der Waals surface area contributed by atoms with Crippen molar-refractivity contribution >= 4 is 31.9 Å². The van der Waals surface area contributed by atoms with Crippen LogP contribution < -0.4 is 0 Å². The van der Waals surface area contributed by atoms with Gasteiger partial charge in [0.25, 0.3) is 0 Å². The van der Waals surface area contributed by atoms with Gasteiger partial charge in [-0.3, -0.25) is 4.79 Å². The number of rotatable bonds is 4. The van der Waals surface area contributed by atoms with Gasteiger partial charge in [-0.05, 0) is 28.1 Å². The Kier molecular flexibility index (Phi) is 5.37. The van der Waals surface area contributed by atoms with Crippen LogP contribution in [0.25, 0.3) is 0 Å². The number of morpholine rings is 1. The van der Waals surface area contributed by atoms with Gasteiger partial charge in [-0.15, -0.1) is 0 Å². The SMILES string of the molecule is COC(=O)CC1CN(S(=O)(=O)c2ccccc2Br)CCO1. The summed E-state index contributed by atoms with van der Waals surface area (Å²) in [6.07, 6.45) is -0.443. The zero-order valence-corrected chi connectivity index (χ0v) is 13.9. The average molecular weight is 378 g/mol. The van der Waals surface area contributed by atoms with Gasteiger partial charge >= 0.3 is 5.97 Å². The largest absolute Gasteiger partial charge is 0.469 e. The molecule has 8 heteroatoms. The van der Waals surface area contributed by atoms with Gasteiger partial charge in [-0.2, -0.15) is 4.31 Å². The van der Waals surface area contributed by atoms with Gasteiger partial charge in [0, 0.05) is 17.6 Å². The maximum atomic E-state index is 12.6. The molecule has 21 heavy (non-hydrogen) atoms. The lowest BCUT2D eigenvalue weighted by Crippen LogP contribution is -2.46. The first-order valence-electron chi connectivity index (χ1n) is 6.38. The molecule has 1 unspecified atom stereocenters. The molecule has 2 rings (SSSR count). The second-order valence-corrected chi connectivity index (χ2v) is 7.33. The van der Waals surface area contributed by atoms with Crippen molar-refractivity contribution < 1.29 is 22.7 Å². The molecule has 1 saturated heterocycles. The number of nitrogens with zero attached hydrogens (tertiary/aromatic N) is 1. The van der Waals surface area contributed by atoms with E-state index < -0.39 is 22.1 Å². The van der Waals surface area contributed by atoms with E-state index in [1.54, 1.807) is 24.3 Å². The molecule has 6 nitrogen and oxygen atoms in total. The molecule has 0 aliphatic carbocycles. The third kappa shape index (κ3) is 3.82. The molecule has 0 N–H and O–H groups in total. The highest BCUT2D eigenvalue weighted by Crippen LogP contribution is 2.26. The molecule has 0 saturated carbocycles. The maximum absolute atomic E-state index is 12.6. The number of sulfonamides is 1. The van der Waals surface area contributed by atoms with Crippen LogP contribution in [0.15, 0.2) is 33.6 Å². The number of ether oxygens (including phenoxy) is 2. The molecule has 1 aliphatic heterocycles. The number of carbonyl (C=O) groups excluding carboxylic acids is 1. The number of halogens is 1. The van der Waals surface area contributed by atoms with Crippen molar-refractivity contribution in [3.63, 3.8) is 0 Å². The molecular weight excluding hydrogens is 362 g/mol. The monoisotopic (exact) mass is 377 g/mol. The summed E-state index contributed by atoms with van der Waals surface area (Å²) in [7, 11) is -2.32. The minimum atomic E-state index is -3.61. The predicted molar refractivity (Wildman–Crippen MR) is 79.3 cm³/mol. The van der Waals surface area contributed by atoms with E-state index in [1.165, 1.54) is 11.4 Å². The smallest absolute Gasteiger partial charge is 0.308 e. The van der Waals surface area contributed by atoms with Crippen LogP contribution in [0.3, 0.4) is 0 Å². The summed E-state index contributed by atoms with van der Waals surface area (Å²) in [6.45, 7) is 0.658. The third-order valence-corrected chi connectivity index (χ3v) is 6.06. The lowest BCUT2D eigenvalue weighted by Gasteiger charge is -2.31. The summed E-state index contributed by atoms with van der Waals surface area (Å²) in [5.74, 6) is -0.417. The number of hydrogen-bond donors (Lipinski definition) is 0. The molecule has 0 amide bonds. The second kappa shape index (κ2) is 6.87. The van der Waals surface area contributed by atoms with Crippen molar-refractivity contribution in [2.24, 2.45) is 0 Å². The Labute approximate surface area is 132 Å². The number of carbonyl (C=O) groups is 1. The summed E-state index contributed by atoms with van der Waals surface area (Å²) in [6, 6.07) is 6.65. The number of esters is 1. The van der Waals surface area contributed by atoms with Crippen LogP contribution in [-0.4, -0.2) is 51.6 Å². The molecule has 0 bridgehead atoms. The summed E-state index contributed by atoms with van der Waals surface area (Å²) < 4.78 is 37.1. The van der Waals surface area contributed by atoms with E-state index in [0.29, 0.717) is 4.47 Å². The topological polar surface area (TPSA) is 72.9 Å². The van der Waals surface area contributed by atoms with Crippen LogP contribution in [-0.2, 0) is 24.3 Å². The van der Waals surface area contributed by atoms with Crippen molar-refractivity contribution in [2.45, 2.75) is 17.4 Å². The van der Waals surface area contributed by atoms with Gasteiger partial charge in [0.1, 0.15) is 0 Å². The molecule has 1 aromatic carbocycles. The van der Waals surface area contributed by atoms with Gasteiger partial charge in [0.15, 0.2) is 0 Å². The summed E-state index contributed by atoms with van der Waals surface area (Å²) >= 11 is 3.25. The first-order chi connectivity index (χ1) is 9.95. The van der Waals surface area contributed by atoms with Crippen molar-refractivity contribution in [3.8, 4) is 0 Å².